The first kappa shape index (κ1) is 23.8. The summed E-state index contributed by atoms with van der Waals surface area (Å²) in [6.07, 6.45) is 1.85. The smallest absolute Gasteiger partial charge is 0.258 e. The van der Waals surface area contributed by atoms with Crippen LogP contribution in [0.5, 0.6) is 0 Å². The molecule has 7 nitrogen and oxygen atoms in total. The Morgan fingerprint density at radius 3 is 2.37 bits per heavy atom. The van der Waals surface area contributed by atoms with Crippen LogP contribution >= 0.6 is 11.6 Å². The van der Waals surface area contributed by atoms with Crippen LogP contribution in [-0.2, 0) is 19.6 Å². The molecule has 0 radical (unpaired) electrons. The Balaban J connectivity index is 1.58. The number of hydrogen-bond donors (Lipinski definition) is 0. The number of morpholine rings is 1. The van der Waals surface area contributed by atoms with Gasteiger partial charge in [-0.25, -0.2) is 8.42 Å². The summed E-state index contributed by atoms with van der Waals surface area (Å²) in [6.45, 7) is 5.39. The number of nitrogens with zero attached hydrogens (tertiary/aromatic N) is 3. The molecule has 35 heavy (non-hydrogen) atoms. The van der Waals surface area contributed by atoms with E-state index in [2.05, 4.69) is 4.57 Å². The fourth-order valence-electron chi connectivity index (χ4n) is 4.74. The van der Waals surface area contributed by atoms with Crippen molar-refractivity contribution in [2.24, 2.45) is 0 Å². The van der Waals surface area contributed by atoms with E-state index in [0.29, 0.717) is 48.1 Å². The van der Waals surface area contributed by atoms with Crippen LogP contribution in [-0.4, -0.2) is 56.5 Å². The van der Waals surface area contributed by atoms with E-state index < -0.39 is 10.0 Å². The van der Waals surface area contributed by atoms with Gasteiger partial charge >= 0.3 is 0 Å². The number of benzene rings is 2. The number of anilines is 1. The minimum absolute atomic E-state index is 0.169. The maximum Gasteiger partial charge on any atom is 0.258 e. The highest BCUT2D eigenvalue weighted by atomic mass is 35.5. The summed E-state index contributed by atoms with van der Waals surface area (Å²) in [6, 6.07) is 14.5. The molecule has 0 unspecified atom stereocenters. The van der Waals surface area contributed by atoms with Crippen molar-refractivity contribution < 1.29 is 17.9 Å². The molecule has 1 amide bonds. The van der Waals surface area contributed by atoms with Gasteiger partial charge in [-0.3, -0.25) is 4.79 Å². The molecule has 3 aromatic rings. The predicted octanol–water partition coefficient (Wildman–Crippen LogP) is 4.29. The van der Waals surface area contributed by atoms with Crippen molar-refractivity contribution in [1.82, 2.24) is 8.87 Å². The third kappa shape index (κ3) is 4.10. The number of likely N-dealkylation sites (N-methyl/N-ethyl adjacent to an activating group) is 1. The first-order valence-electron chi connectivity index (χ1n) is 11.4. The highest BCUT2D eigenvalue weighted by molar-refractivity contribution is 7.89. The van der Waals surface area contributed by atoms with Crippen LogP contribution in [0, 0.1) is 13.8 Å². The molecule has 3 heterocycles. The Kier molecular flexibility index (Phi) is 6.09. The van der Waals surface area contributed by atoms with Crippen LogP contribution in [0.15, 0.2) is 53.4 Å². The fraction of sp³-hybridized carbons (Fsp3) is 0.269. The van der Waals surface area contributed by atoms with Crippen LogP contribution in [0.3, 0.4) is 0 Å². The van der Waals surface area contributed by atoms with E-state index in [1.807, 2.05) is 50.3 Å². The maximum absolute atomic E-state index is 13.2. The quantitative estimate of drug-likeness (QED) is 0.490. The SMILES string of the molecule is Cc1cc(/C=C2\C(=O)N(C)c3ccc(S(=O)(=O)N4CCOCC4)cc32)c(C)n1-c1ccc(Cl)cc1. The highest BCUT2D eigenvalue weighted by Gasteiger charge is 2.33. The number of aromatic nitrogens is 1. The second kappa shape index (κ2) is 8.95. The van der Waals surface area contributed by atoms with E-state index in [0.717, 1.165) is 22.6 Å². The third-order valence-corrected chi connectivity index (χ3v) is 8.76. The number of ether oxygens (including phenoxy) is 1. The molecule has 2 aliphatic heterocycles. The van der Waals surface area contributed by atoms with Crippen molar-refractivity contribution in [3.8, 4) is 5.69 Å². The zero-order chi connectivity index (χ0) is 24.9. The summed E-state index contributed by atoms with van der Waals surface area (Å²) in [7, 11) is -1.98. The van der Waals surface area contributed by atoms with E-state index in [4.69, 9.17) is 16.3 Å². The summed E-state index contributed by atoms with van der Waals surface area (Å²) in [4.78, 5) is 14.9. The van der Waals surface area contributed by atoms with Gasteiger partial charge in [0.1, 0.15) is 0 Å². The summed E-state index contributed by atoms with van der Waals surface area (Å²) >= 11 is 6.06. The number of amides is 1. The number of aryl methyl sites for hydroxylation is 1. The van der Waals surface area contributed by atoms with E-state index in [9.17, 15) is 13.2 Å². The van der Waals surface area contributed by atoms with Crippen LogP contribution in [0.25, 0.3) is 17.3 Å². The molecule has 0 saturated carbocycles. The highest BCUT2D eigenvalue weighted by Crippen LogP contribution is 2.39. The van der Waals surface area contributed by atoms with Crippen LogP contribution in [0.4, 0.5) is 5.69 Å². The van der Waals surface area contributed by atoms with Gasteiger partial charge in [0.05, 0.1) is 23.8 Å². The number of fused-ring (bicyclic) bond motifs is 1. The van der Waals surface area contributed by atoms with Gasteiger partial charge < -0.3 is 14.2 Å². The van der Waals surface area contributed by atoms with E-state index >= 15 is 0 Å². The Labute approximate surface area is 210 Å². The molecule has 1 aromatic heterocycles. The molecule has 0 atom stereocenters. The van der Waals surface area contributed by atoms with Crippen LogP contribution in [0.1, 0.15) is 22.5 Å². The van der Waals surface area contributed by atoms with Gasteiger partial charge in [-0.2, -0.15) is 4.31 Å². The Bertz CT molecular complexity index is 1450. The van der Waals surface area contributed by atoms with Crippen molar-refractivity contribution >= 4 is 44.9 Å². The normalized spacial score (nSPS) is 17.9. The molecule has 1 saturated heterocycles. The minimum Gasteiger partial charge on any atom is -0.379 e. The number of carbonyl (C=O) groups excluding carboxylic acids is 1. The zero-order valence-electron chi connectivity index (χ0n) is 19.8. The first-order chi connectivity index (χ1) is 16.7. The third-order valence-electron chi connectivity index (χ3n) is 6.62. The monoisotopic (exact) mass is 511 g/mol. The molecular weight excluding hydrogens is 486 g/mol. The summed E-state index contributed by atoms with van der Waals surface area (Å²) in [5, 5.41) is 0.664. The molecule has 0 bridgehead atoms. The molecule has 0 aliphatic carbocycles. The molecule has 1 fully saturated rings. The molecule has 2 aliphatic rings. The molecule has 0 N–H and O–H groups in total. The molecule has 0 spiro atoms. The Hall–Kier alpha value is -2.91. The second-order valence-corrected chi connectivity index (χ2v) is 11.1. The van der Waals surface area contributed by atoms with Gasteiger partial charge in [0, 0.05) is 53.4 Å². The zero-order valence-corrected chi connectivity index (χ0v) is 21.4. The molecular formula is C26H26ClN3O4S. The van der Waals surface area contributed by atoms with Crippen molar-refractivity contribution in [2.75, 3.05) is 38.3 Å². The first-order valence-corrected chi connectivity index (χ1v) is 13.2. The molecule has 2 aromatic carbocycles. The van der Waals surface area contributed by atoms with Crippen molar-refractivity contribution in [1.29, 1.82) is 0 Å². The van der Waals surface area contributed by atoms with Gasteiger partial charge in [0.15, 0.2) is 0 Å². The van der Waals surface area contributed by atoms with Gasteiger partial charge in [-0.05, 0) is 74.0 Å². The van der Waals surface area contributed by atoms with E-state index in [-0.39, 0.29) is 10.8 Å². The molecule has 9 heteroatoms. The summed E-state index contributed by atoms with van der Waals surface area (Å²) in [5.74, 6) is -0.169. The standard InChI is InChI=1S/C26H26ClN3O4S/c1-17-14-19(18(2)30(17)21-6-4-20(27)5-7-21)15-24-23-16-22(8-9-25(23)28(3)26(24)31)35(32,33)29-10-12-34-13-11-29/h4-9,14-16H,10-13H2,1-3H3/b24-15-. The maximum atomic E-state index is 13.2. The van der Waals surface area contributed by atoms with Crippen molar-refractivity contribution in [2.45, 2.75) is 18.7 Å². The lowest BCUT2D eigenvalue weighted by Gasteiger charge is -2.26. The topological polar surface area (TPSA) is 71.8 Å². The van der Waals surface area contributed by atoms with Gasteiger partial charge in [-0.15, -0.1) is 0 Å². The van der Waals surface area contributed by atoms with Crippen LogP contribution in [0.2, 0.25) is 5.02 Å². The molecule has 5 rings (SSSR count). The van der Waals surface area contributed by atoms with Crippen molar-refractivity contribution in [3.05, 3.63) is 76.1 Å². The fourth-order valence-corrected chi connectivity index (χ4v) is 6.30. The van der Waals surface area contributed by atoms with Gasteiger partial charge in [0.2, 0.25) is 10.0 Å². The second-order valence-electron chi connectivity index (χ2n) is 8.76. The Morgan fingerprint density at radius 2 is 1.69 bits per heavy atom. The van der Waals surface area contributed by atoms with E-state index in [1.165, 1.54) is 4.31 Å². The number of hydrogen-bond acceptors (Lipinski definition) is 4. The lowest BCUT2D eigenvalue weighted by atomic mass is 10.0. The lowest BCUT2D eigenvalue weighted by molar-refractivity contribution is -0.112. The largest absolute Gasteiger partial charge is 0.379 e. The van der Waals surface area contributed by atoms with Gasteiger partial charge in [-0.1, -0.05) is 11.6 Å². The predicted molar refractivity (Wildman–Crippen MR) is 138 cm³/mol. The Morgan fingerprint density at radius 1 is 1.00 bits per heavy atom. The van der Waals surface area contributed by atoms with Crippen molar-refractivity contribution in [3.63, 3.8) is 0 Å². The van der Waals surface area contributed by atoms with E-state index in [1.54, 1.807) is 30.1 Å². The number of halogens is 1. The number of carbonyl (C=O) groups is 1. The number of sulfonamides is 1. The minimum atomic E-state index is -3.68. The van der Waals surface area contributed by atoms with Crippen LogP contribution < -0.4 is 4.90 Å². The van der Waals surface area contributed by atoms with Gasteiger partial charge in [0.25, 0.3) is 5.91 Å². The summed E-state index contributed by atoms with van der Waals surface area (Å²) in [5.41, 5.74) is 5.62. The lowest BCUT2D eigenvalue weighted by Crippen LogP contribution is -2.40. The molecule has 182 valence electrons. The number of rotatable bonds is 4. The summed E-state index contributed by atoms with van der Waals surface area (Å²) < 4.78 is 35.3. The average molecular weight is 512 g/mol. The average Bonchev–Trinajstić information content (AvgIpc) is 3.27.